The fourth-order valence-corrected chi connectivity index (χ4v) is 1.90. The van der Waals surface area contributed by atoms with Crippen molar-refractivity contribution in [3.05, 3.63) is 21.2 Å². The minimum absolute atomic E-state index is 0.119. The van der Waals surface area contributed by atoms with Gasteiger partial charge in [-0.3, -0.25) is 10.1 Å². The third kappa shape index (κ3) is 1.41. The van der Waals surface area contributed by atoms with Crippen LogP contribution in [-0.4, -0.2) is 14.9 Å². The molecule has 0 bridgehead atoms. The fourth-order valence-electron chi connectivity index (χ4n) is 0.795. The summed E-state index contributed by atoms with van der Waals surface area (Å²) in [7, 11) is -1.35. The van der Waals surface area contributed by atoms with Gasteiger partial charge in [-0.25, -0.2) is 4.21 Å². The Morgan fingerprint density at radius 3 is 2.80 bits per heavy atom. The van der Waals surface area contributed by atoms with Gasteiger partial charge in [0.15, 0.2) is 0 Å². The van der Waals surface area contributed by atoms with Crippen LogP contribution in [0.5, 0.6) is 0 Å². The molecule has 0 amide bonds. The van der Waals surface area contributed by atoms with Crippen molar-refractivity contribution < 1.29 is 9.13 Å². The molecule has 10 heavy (non-hydrogen) atoms. The Kier molecular flexibility index (Phi) is 2.16. The van der Waals surface area contributed by atoms with Crippen molar-refractivity contribution in [1.29, 1.82) is 0 Å². The topological polar surface area (TPSA) is 60.2 Å². The molecule has 0 fully saturated rings. The van der Waals surface area contributed by atoms with Crippen molar-refractivity contribution in [2.24, 2.45) is 0 Å². The van der Waals surface area contributed by atoms with Crippen molar-refractivity contribution in [2.45, 2.75) is 12.8 Å². The van der Waals surface area contributed by atoms with Crippen molar-refractivity contribution in [3.63, 3.8) is 0 Å². The molecule has 0 aromatic heterocycles. The highest BCUT2D eigenvalue weighted by Crippen LogP contribution is 2.13. The molecular formula is C5H7NO3S. The average molecular weight is 161 g/mol. The van der Waals surface area contributed by atoms with Gasteiger partial charge in [-0.2, -0.15) is 0 Å². The van der Waals surface area contributed by atoms with Crippen LogP contribution in [0.3, 0.4) is 0 Å². The van der Waals surface area contributed by atoms with Crippen LogP contribution in [0, 0.1) is 10.1 Å². The molecule has 1 unspecified atom stereocenters. The maximum absolute atomic E-state index is 10.8. The van der Waals surface area contributed by atoms with E-state index in [2.05, 4.69) is 0 Å². The van der Waals surface area contributed by atoms with Gasteiger partial charge in [-0.15, -0.1) is 0 Å². The Bertz CT molecular complexity index is 211. The van der Waals surface area contributed by atoms with Crippen LogP contribution in [0.15, 0.2) is 11.1 Å². The lowest BCUT2D eigenvalue weighted by Gasteiger charge is -2.03. The Hall–Kier alpha value is -0.710. The molecule has 5 heteroatoms. The van der Waals surface area contributed by atoms with Gasteiger partial charge >= 0.3 is 5.03 Å². The van der Waals surface area contributed by atoms with E-state index >= 15 is 0 Å². The molecule has 1 aliphatic heterocycles. The van der Waals surface area contributed by atoms with Crippen molar-refractivity contribution >= 4 is 10.8 Å². The fraction of sp³-hybridized carbons (Fsp3) is 0.600. The lowest BCUT2D eigenvalue weighted by molar-refractivity contribution is -0.411. The van der Waals surface area contributed by atoms with E-state index in [0.717, 1.165) is 6.42 Å². The van der Waals surface area contributed by atoms with Gasteiger partial charge in [0.1, 0.15) is 10.8 Å². The van der Waals surface area contributed by atoms with Crippen LogP contribution in [0.2, 0.25) is 0 Å². The van der Waals surface area contributed by atoms with Crippen LogP contribution < -0.4 is 0 Å². The number of nitrogens with zero attached hydrogens (tertiary/aromatic N) is 1. The van der Waals surface area contributed by atoms with E-state index in [4.69, 9.17) is 0 Å². The Morgan fingerprint density at radius 2 is 2.40 bits per heavy atom. The number of allylic oxidation sites excluding steroid dienone is 1. The number of rotatable bonds is 1. The molecule has 0 aromatic rings. The first-order valence-corrected chi connectivity index (χ1v) is 4.26. The minimum Gasteiger partial charge on any atom is -0.258 e. The maximum atomic E-state index is 10.8. The van der Waals surface area contributed by atoms with E-state index in [-0.39, 0.29) is 5.03 Å². The molecule has 0 radical (unpaired) electrons. The summed E-state index contributed by atoms with van der Waals surface area (Å²) in [5.41, 5.74) is 0. The van der Waals surface area contributed by atoms with Crippen LogP contribution in [0.4, 0.5) is 0 Å². The maximum Gasteiger partial charge on any atom is 0.328 e. The average Bonchev–Trinajstić information content (AvgIpc) is 1.88. The zero-order valence-electron chi connectivity index (χ0n) is 5.28. The highest BCUT2D eigenvalue weighted by atomic mass is 32.2. The van der Waals surface area contributed by atoms with E-state index in [1.807, 2.05) is 0 Å². The molecule has 4 nitrogen and oxygen atoms in total. The molecule has 1 heterocycles. The van der Waals surface area contributed by atoms with Crippen LogP contribution in [0.1, 0.15) is 12.8 Å². The van der Waals surface area contributed by atoms with Gasteiger partial charge < -0.3 is 0 Å². The summed E-state index contributed by atoms with van der Waals surface area (Å²) in [5, 5.41) is 9.99. The van der Waals surface area contributed by atoms with Crippen molar-refractivity contribution in [2.75, 3.05) is 5.75 Å². The normalized spacial score (nSPS) is 25.6. The SMILES string of the molecule is O=[N+]([O-])C1=CCCCS1=O. The van der Waals surface area contributed by atoms with Gasteiger partial charge in [0, 0.05) is 11.8 Å². The molecule has 0 N–H and O–H groups in total. The molecule has 0 saturated carbocycles. The van der Waals surface area contributed by atoms with E-state index in [9.17, 15) is 14.3 Å². The molecule has 0 spiro atoms. The number of hydrogen-bond acceptors (Lipinski definition) is 3. The monoisotopic (exact) mass is 161 g/mol. The highest BCUT2D eigenvalue weighted by molar-refractivity contribution is 7.88. The highest BCUT2D eigenvalue weighted by Gasteiger charge is 2.21. The Morgan fingerprint density at radius 1 is 1.70 bits per heavy atom. The minimum atomic E-state index is -1.35. The van der Waals surface area contributed by atoms with Gasteiger partial charge in [-0.05, 0) is 12.8 Å². The molecule has 1 atom stereocenters. The zero-order valence-corrected chi connectivity index (χ0v) is 6.10. The summed E-state index contributed by atoms with van der Waals surface area (Å²) < 4.78 is 10.8. The van der Waals surface area contributed by atoms with E-state index in [1.165, 1.54) is 6.08 Å². The predicted molar refractivity (Wildman–Crippen MR) is 37.3 cm³/mol. The lowest BCUT2D eigenvalue weighted by atomic mass is 10.3. The summed E-state index contributed by atoms with van der Waals surface area (Å²) in [6.45, 7) is 0. The van der Waals surface area contributed by atoms with Gasteiger partial charge in [0.05, 0.1) is 4.92 Å². The van der Waals surface area contributed by atoms with Gasteiger partial charge in [0.2, 0.25) is 0 Å². The Balaban J connectivity index is 2.81. The van der Waals surface area contributed by atoms with Crippen LogP contribution in [-0.2, 0) is 10.8 Å². The largest absolute Gasteiger partial charge is 0.328 e. The zero-order chi connectivity index (χ0) is 7.56. The third-order valence-electron chi connectivity index (χ3n) is 1.27. The van der Waals surface area contributed by atoms with E-state index in [1.54, 1.807) is 0 Å². The second-order valence-electron chi connectivity index (χ2n) is 1.99. The molecule has 1 rings (SSSR count). The van der Waals surface area contributed by atoms with Crippen LogP contribution >= 0.6 is 0 Å². The summed E-state index contributed by atoms with van der Waals surface area (Å²) >= 11 is 0. The van der Waals surface area contributed by atoms with Gasteiger partial charge in [-0.1, -0.05) is 0 Å². The predicted octanol–water partition coefficient (Wildman–Crippen LogP) is 0.647. The first-order valence-electron chi connectivity index (χ1n) is 2.95. The lowest BCUT2D eigenvalue weighted by Crippen LogP contribution is -2.12. The van der Waals surface area contributed by atoms with Crippen LogP contribution in [0.25, 0.3) is 0 Å². The molecule has 0 aliphatic carbocycles. The molecule has 0 aromatic carbocycles. The van der Waals surface area contributed by atoms with Gasteiger partial charge in [0.25, 0.3) is 0 Å². The first-order chi connectivity index (χ1) is 4.72. The summed E-state index contributed by atoms with van der Waals surface area (Å²) in [6, 6.07) is 0. The first kappa shape index (κ1) is 7.40. The Labute approximate surface area is 60.5 Å². The molecule has 56 valence electrons. The number of nitro groups is 1. The second-order valence-corrected chi connectivity index (χ2v) is 3.51. The molecule has 0 saturated heterocycles. The summed E-state index contributed by atoms with van der Waals surface area (Å²) in [6.07, 6.45) is 2.92. The van der Waals surface area contributed by atoms with Crippen molar-refractivity contribution in [3.8, 4) is 0 Å². The van der Waals surface area contributed by atoms with Crippen molar-refractivity contribution in [1.82, 2.24) is 0 Å². The van der Waals surface area contributed by atoms with E-state index < -0.39 is 15.7 Å². The molecule has 1 aliphatic rings. The second kappa shape index (κ2) is 2.92. The summed E-state index contributed by atoms with van der Waals surface area (Å²) in [5.74, 6) is 0.437. The molecular weight excluding hydrogens is 154 g/mol. The third-order valence-corrected chi connectivity index (χ3v) is 2.71. The standard InChI is InChI=1S/C5H7NO3S/c7-6(8)5-3-1-2-4-10(5)9/h3H,1-2,4H2. The quantitative estimate of drug-likeness (QED) is 0.419. The summed E-state index contributed by atoms with van der Waals surface area (Å²) in [4.78, 5) is 9.55. The number of hydrogen-bond donors (Lipinski definition) is 0. The van der Waals surface area contributed by atoms with E-state index in [0.29, 0.717) is 12.2 Å². The smallest absolute Gasteiger partial charge is 0.258 e.